The zero-order chi connectivity index (χ0) is 15.3. The Morgan fingerprint density at radius 1 is 1.55 bits per heavy atom. The number of allylic oxidation sites excluding steroid dienone is 2. The minimum Gasteiger partial charge on any atom is -0.368 e. The highest BCUT2D eigenvalue weighted by molar-refractivity contribution is 5.88. The van der Waals surface area contributed by atoms with Gasteiger partial charge in [0.05, 0.1) is 0 Å². The van der Waals surface area contributed by atoms with E-state index < -0.39 is 24.0 Å². The van der Waals surface area contributed by atoms with E-state index in [2.05, 4.69) is 0 Å². The molecule has 1 unspecified atom stereocenters. The first-order valence-corrected chi connectivity index (χ1v) is 5.83. The molecule has 1 atom stereocenters. The number of nitrogens with two attached hydrogens (primary N) is 1. The first kappa shape index (κ1) is 15.8. The zero-order valence-corrected chi connectivity index (χ0v) is 10.7. The Morgan fingerprint density at radius 2 is 2.20 bits per heavy atom. The van der Waals surface area contributed by atoms with Gasteiger partial charge in [-0.3, -0.25) is 9.59 Å². The summed E-state index contributed by atoms with van der Waals surface area (Å²) >= 11 is 0. The summed E-state index contributed by atoms with van der Waals surface area (Å²) in [5, 5.41) is 0. The van der Waals surface area contributed by atoms with Crippen molar-refractivity contribution in [2.24, 2.45) is 5.73 Å². The van der Waals surface area contributed by atoms with Crippen LogP contribution in [0.1, 0.15) is 19.8 Å². The fourth-order valence-corrected chi connectivity index (χ4v) is 1.67. The van der Waals surface area contributed by atoms with Gasteiger partial charge in [0, 0.05) is 24.1 Å². The fourth-order valence-electron chi connectivity index (χ4n) is 1.67. The second kappa shape index (κ2) is 6.28. The smallest absolute Gasteiger partial charge is 0.368 e. The number of primary amides is 1. The van der Waals surface area contributed by atoms with Crippen LogP contribution in [0.25, 0.3) is 0 Å². The number of amides is 2. The molecule has 1 aliphatic rings. The largest absolute Gasteiger partial charge is 0.458 e. The number of nitrogens with zero attached hydrogens (tertiary/aromatic N) is 1. The molecule has 2 amide bonds. The molecule has 0 fully saturated rings. The third kappa shape index (κ3) is 4.46. The second-order valence-corrected chi connectivity index (χ2v) is 4.07. The molecule has 1 heterocycles. The zero-order valence-electron chi connectivity index (χ0n) is 10.7. The van der Waals surface area contributed by atoms with E-state index in [4.69, 9.17) is 5.73 Å². The Balaban J connectivity index is 3.13. The van der Waals surface area contributed by atoms with Crippen molar-refractivity contribution in [2.75, 3.05) is 0 Å². The van der Waals surface area contributed by atoms with Crippen molar-refractivity contribution in [3.05, 3.63) is 23.9 Å². The second-order valence-electron chi connectivity index (χ2n) is 4.07. The summed E-state index contributed by atoms with van der Waals surface area (Å²) in [6, 6.07) is -0.898. The first-order chi connectivity index (χ1) is 9.24. The molecule has 0 saturated carbocycles. The molecular formula is C13H13F3N2O2. The van der Waals surface area contributed by atoms with Crippen molar-refractivity contribution < 1.29 is 22.8 Å². The van der Waals surface area contributed by atoms with E-state index in [9.17, 15) is 22.8 Å². The number of halogens is 3. The van der Waals surface area contributed by atoms with Crippen LogP contribution in [-0.4, -0.2) is 28.9 Å². The van der Waals surface area contributed by atoms with E-state index in [-0.39, 0.29) is 18.4 Å². The molecule has 2 N–H and O–H groups in total. The molecule has 0 bridgehead atoms. The lowest BCUT2D eigenvalue weighted by atomic mass is 10.1. The van der Waals surface area contributed by atoms with Gasteiger partial charge in [-0.25, -0.2) is 0 Å². The number of alkyl halides is 3. The summed E-state index contributed by atoms with van der Waals surface area (Å²) in [7, 11) is 0. The van der Waals surface area contributed by atoms with E-state index in [0.29, 0.717) is 0 Å². The minimum absolute atomic E-state index is 0.00660. The van der Waals surface area contributed by atoms with Crippen molar-refractivity contribution >= 4 is 11.8 Å². The molecule has 7 heteroatoms. The molecule has 0 radical (unpaired) electrons. The number of carbonyl (C=O) groups is 2. The average Bonchev–Trinajstić information content (AvgIpc) is 2.49. The molecule has 20 heavy (non-hydrogen) atoms. The van der Waals surface area contributed by atoms with E-state index >= 15 is 0 Å². The molecule has 0 aliphatic carbocycles. The predicted octanol–water partition coefficient (Wildman–Crippen LogP) is 1.49. The van der Waals surface area contributed by atoms with Gasteiger partial charge in [-0.1, -0.05) is 18.9 Å². The normalized spacial score (nSPS) is 16.9. The van der Waals surface area contributed by atoms with Crippen molar-refractivity contribution in [2.45, 2.75) is 32.0 Å². The summed E-state index contributed by atoms with van der Waals surface area (Å²) in [5.74, 6) is 1.90. The highest BCUT2D eigenvalue weighted by Gasteiger charge is 2.26. The van der Waals surface area contributed by atoms with Gasteiger partial charge < -0.3 is 10.6 Å². The lowest BCUT2D eigenvalue weighted by Crippen LogP contribution is -2.44. The third-order valence-electron chi connectivity index (χ3n) is 2.56. The maximum atomic E-state index is 12.1. The van der Waals surface area contributed by atoms with Crippen LogP contribution in [0.3, 0.4) is 0 Å². The Kier molecular flexibility index (Phi) is 4.97. The van der Waals surface area contributed by atoms with Gasteiger partial charge in [-0.05, 0) is 12.5 Å². The Bertz CT molecular complexity index is 524. The molecule has 0 spiro atoms. The van der Waals surface area contributed by atoms with Crippen LogP contribution in [-0.2, 0) is 9.59 Å². The standard InChI is InChI=1S/C13H13F3N2O2/c1-2-10(12(17)20)18-8-9(4-3-5-11(18)19)6-7-13(14,15)16/h3-4,8,10H,2,5H2,1H3,(H2,17,20). The van der Waals surface area contributed by atoms with Crippen LogP contribution in [0.5, 0.6) is 0 Å². The molecule has 0 aromatic carbocycles. The number of hydrogen-bond donors (Lipinski definition) is 1. The first-order valence-electron chi connectivity index (χ1n) is 5.83. The molecule has 4 nitrogen and oxygen atoms in total. The van der Waals surface area contributed by atoms with Gasteiger partial charge in [0.2, 0.25) is 11.8 Å². The number of hydrogen-bond acceptors (Lipinski definition) is 2. The van der Waals surface area contributed by atoms with Crippen molar-refractivity contribution in [1.29, 1.82) is 0 Å². The Morgan fingerprint density at radius 3 is 2.70 bits per heavy atom. The molecule has 0 aromatic heterocycles. The van der Waals surface area contributed by atoms with E-state index in [0.717, 1.165) is 17.0 Å². The molecule has 1 rings (SSSR count). The van der Waals surface area contributed by atoms with Crippen LogP contribution >= 0.6 is 0 Å². The Labute approximate surface area is 114 Å². The monoisotopic (exact) mass is 286 g/mol. The molecule has 108 valence electrons. The quantitative estimate of drug-likeness (QED) is 0.799. The maximum Gasteiger partial charge on any atom is 0.458 e. The van der Waals surface area contributed by atoms with Crippen LogP contribution < -0.4 is 5.73 Å². The van der Waals surface area contributed by atoms with Gasteiger partial charge in [-0.15, -0.1) is 0 Å². The summed E-state index contributed by atoms with van der Waals surface area (Å²) in [4.78, 5) is 24.1. The lowest BCUT2D eigenvalue weighted by Gasteiger charge is -2.24. The fraction of sp³-hybridized carbons (Fsp3) is 0.385. The number of carbonyl (C=O) groups excluding carboxylic acids is 2. The summed E-state index contributed by atoms with van der Waals surface area (Å²) in [6.45, 7) is 1.65. The maximum absolute atomic E-state index is 12.1. The van der Waals surface area contributed by atoms with Crippen molar-refractivity contribution in [3.63, 3.8) is 0 Å². The average molecular weight is 286 g/mol. The van der Waals surface area contributed by atoms with Gasteiger partial charge >= 0.3 is 6.18 Å². The third-order valence-corrected chi connectivity index (χ3v) is 2.56. The van der Waals surface area contributed by atoms with Gasteiger partial charge in [0.1, 0.15) is 6.04 Å². The van der Waals surface area contributed by atoms with E-state index in [1.54, 1.807) is 6.92 Å². The summed E-state index contributed by atoms with van der Waals surface area (Å²) in [5.41, 5.74) is 5.17. The lowest BCUT2D eigenvalue weighted by molar-refractivity contribution is -0.135. The topological polar surface area (TPSA) is 63.4 Å². The van der Waals surface area contributed by atoms with Crippen molar-refractivity contribution in [3.8, 4) is 11.8 Å². The van der Waals surface area contributed by atoms with E-state index in [1.807, 2.05) is 5.92 Å². The van der Waals surface area contributed by atoms with E-state index in [1.165, 1.54) is 12.2 Å². The van der Waals surface area contributed by atoms with Crippen LogP contribution in [0.2, 0.25) is 0 Å². The number of rotatable bonds is 3. The predicted molar refractivity (Wildman–Crippen MR) is 65.8 cm³/mol. The molecule has 0 saturated heterocycles. The molecule has 1 aliphatic heterocycles. The molecule has 0 aromatic rings. The van der Waals surface area contributed by atoms with Gasteiger partial charge in [-0.2, -0.15) is 13.2 Å². The highest BCUT2D eigenvalue weighted by Crippen LogP contribution is 2.16. The van der Waals surface area contributed by atoms with Crippen LogP contribution in [0.4, 0.5) is 13.2 Å². The SMILES string of the molecule is CCC(C(N)=O)N1C=C(C#CC(F)(F)F)C=CCC1=O. The summed E-state index contributed by atoms with van der Waals surface area (Å²) < 4.78 is 36.2. The van der Waals surface area contributed by atoms with Crippen LogP contribution in [0, 0.1) is 11.8 Å². The summed E-state index contributed by atoms with van der Waals surface area (Å²) in [6.07, 6.45) is -0.556. The van der Waals surface area contributed by atoms with Gasteiger partial charge in [0.25, 0.3) is 0 Å². The minimum atomic E-state index is -4.62. The van der Waals surface area contributed by atoms with Gasteiger partial charge in [0.15, 0.2) is 0 Å². The van der Waals surface area contributed by atoms with Crippen LogP contribution in [0.15, 0.2) is 23.9 Å². The highest BCUT2D eigenvalue weighted by atomic mass is 19.4. The molecular weight excluding hydrogens is 273 g/mol. The Hall–Kier alpha value is -2.23. The van der Waals surface area contributed by atoms with Crippen molar-refractivity contribution in [1.82, 2.24) is 4.90 Å².